The first kappa shape index (κ1) is 13.8. The molecule has 90 valence electrons. The van der Waals surface area contributed by atoms with Gasteiger partial charge in [0, 0.05) is 0 Å². The highest BCUT2D eigenvalue weighted by atomic mass is 35.6. The van der Waals surface area contributed by atoms with Gasteiger partial charge in [-0.2, -0.15) is 11.1 Å². The van der Waals surface area contributed by atoms with Gasteiger partial charge in [-0.3, -0.25) is 0 Å². The second-order valence-corrected chi connectivity index (χ2v) is 13.1. The second kappa shape index (κ2) is 4.54. The molecular formula is C14H23ClSi. The van der Waals surface area contributed by atoms with Crippen LogP contribution in [0.25, 0.3) is 0 Å². The largest absolute Gasteiger partial charge is 0.167 e. The highest BCUT2D eigenvalue weighted by Crippen LogP contribution is 2.31. The minimum Gasteiger partial charge on any atom is -0.167 e. The summed E-state index contributed by atoms with van der Waals surface area (Å²) in [7, 11) is -1.59. The lowest BCUT2D eigenvalue weighted by atomic mass is 9.86. The highest BCUT2D eigenvalue weighted by molar-refractivity contribution is 7.19. The smallest absolute Gasteiger partial charge is 0.157 e. The van der Waals surface area contributed by atoms with Gasteiger partial charge in [0.1, 0.15) is 0 Å². The van der Waals surface area contributed by atoms with Crippen LogP contribution in [0.4, 0.5) is 0 Å². The Hall–Kier alpha value is -0.273. The molecule has 0 aliphatic rings. The van der Waals surface area contributed by atoms with Crippen LogP contribution in [0, 0.1) is 0 Å². The normalized spacial score (nSPS) is 14.9. The van der Waals surface area contributed by atoms with Gasteiger partial charge in [-0.15, -0.1) is 0 Å². The summed E-state index contributed by atoms with van der Waals surface area (Å²) in [4.78, 5) is 0. The van der Waals surface area contributed by atoms with Gasteiger partial charge in [0.2, 0.25) is 0 Å². The van der Waals surface area contributed by atoms with E-state index in [0.29, 0.717) is 5.54 Å². The standard InChI is InChI=1S/C14H23ClSi/c1-11(16(5,6)15)12-7-9-13(10-8-12)14(2,3)4/h7-11H,1-6H3. The monoisotopic (exact) mass is 254 g/mol. The number of benzene rings is 1. The van der Waals surface area contributed by atoms with E-state index < -0.39 is 7.38 Å². The van der Waals surface area contributed by atoms with Crippen LogP contribution in [-0.2, 0) is 5.41 Å². The van der Waals surface area contributed by atoms with Crippen molar-refractivity contribution in [2.45, 2.75) is 51.7 Å². The fourth-order valence-electron chi connectivity index (χ4n) is 1.67. The lowest BCUT2D eigenvalue weighted by Gasteiger charge is -2.24. The summed E-state index contributed by atoms with van der Waals surface area (Å²) in [5.74, 6) is 0. The molecule has 0 saturated heterocycles. The summed E-state index contributed by atoms with van der Waals surface area (Å²) in [6, 6.07) is 8.95. The zero-order valence-electron chi connectivity index (χ0n) is 11.3. The van der Waals surface area contributed by atoms with Crippen molar-refractivity contribution in [1.82, 2.24) is 0 Å². The van der Waals surface area contributed by atoms with E-state index >= 15 is 0 Å². The van der Waals surface area contributed by atoms with Crippen LogP contribution in [-0.4, -0.2) is 7.38 Å². The Balaban J connectivity index is 2.96. The molecule has 1 aromatic rings. The van der Waals surface area contributed by atoms with Crippen LogP contribution in [0.15, 0.2) is 24.3 Å². The van der Waals surface area contributed by atoms with Gasteiger partial charge < -0.3 is 0 Å². The van der Waals surface area contributed by atoms with Crippen molar-refractivity contribution in [2.24, 2.45) is 0 Å². The Labute approximate surface area is 106 Å². The molecule has 1 rings (SSSR count). The van der Waals surface area contributed by atoms with Gasteiger partial charge in [-0.1, -0.05) is 65.1 Å². The molecule has 0 nitrogen and oxygen atoms in total. The predicted octanol–water partition coefficient (Wildman–Crippen LogP) is 5.07. The Kier molecular flexibility index (Phi) is 3.91. The summed E-state index contributed by atoms with van der Waals surface area (Å²) in [5, 5.41) is 0. The third-order valence-corrected chi connectivity index (χ3v) is 6.68. The van der Waals surface area contributed by atoms with Gasteiger partial charge in [-0.25, -0.2) is 0 Å². The molecule has 1 atom stereocenters. The molecule has 0 N–H and O–H groups in total. The van der Waals surface area contributed by atoms with E-state index in [9.17, 15) is 0 Å². The van der Waals surface area contributed by atoms with E-state index in [0.717, 1.165) is 0 Å². The number of rotatable bonds is 2. The highest BCUT2D eigenvalue weighted by Gasteiger charge is 2.27. The van der Waals surface area contributed by atoms with Crippen LogP contribution in [0.1, 0.15) is 44.4 Å². The van der Waals surface area contributed by atoms with E-state index in [2.05, 4.69) is 65.1 Å². The number of hydrogen-bond acceptors (Lipinski definition) is 0. The van der Waals surface area contributed by atoms with Crippen molar-refractivity contribution in [1.29, 1.82) is 0 Å². The van der Waals surface area contributed by atoms with Crippen molar-refractivity contribution in [3.63, 3.8) is 0 Å². The molecule has 0 saturated carbocycles. The lowest BCUT2D eigenvalue weighted by molar-refractivity contribution is 0.590. The minimum atomic E-state index is -1.59. The van der Waals surface area contributed by atoms with Crippen molar-refractivity contribution < 1.29 is 0 Å². The lowest BCUT2D eigenvalue weighted by Crippen LogP contribution is -2.26. The molecule has 0 radical (unpaired) electrons. The maximum absolute atomic E-state index is 6.49. The third-order valence-electron chi connectivity index (χ3n) is 3.31. The molecule has 0 aliphatic heterocycles. The van der Waals surface area contributed by atoms with Gasteiger partial charge in [0.25, 0.3) is 0 Å². The van der Waals surface area contributed by atoms with Crippen molar-refractivity contribution >= 4 is 18.5 Å². The van der Waals surface area contributed by atoms with E-state index in [1.807, 2.05) is 0 Å². The molecule has 0 spiro atoms. The quantitative estimate of drug-likeness (QED) is 0.511. The fraction of sp³-hybridized carbons (Fsp3) is 0.571. The van der Waals surface area contributed by atoms with E-state index in [1.165, 1.54) is 11.1 Å². The van der Waals surface area contributed by atoms with Crippen LogP contribution < -0.4 is 0 Å². The molecule has 0 heterocycles. The number of hydrogen-bond donors (Lipinski definition) is 0. The van der Waals surface area contributed by atoms with E-state index in [-0.39, 0.29) is 5.41 Å². The first-order valence-electron chi connectivity index (χ1n) is 5.92. The first-order valence-corrected chi connectivity index (χ1v) is 10.0. The zero-order valence-corrected chi connectivity index (χ0v) is 13.0. The molecule has 0 aromatic heterocycles. The maximum atomic E-state index is 6.49. The molecule has 2 heteroatoms. The predicted molar refractivity (Wildman–Crippen MR) is 76.9 cm³/mol. The summed E-state index contributed by atoms with van der Waals surface area (Å²) < 4.78 is 0. The van der Waals surface area contributed by atoms with Crippen molar-refractivity contribution in [3.8, 4) is 0 Å². The van der Waals surface area contributed by atoms with Crippen LogP contribution in [0.5, 0.6) is 0 Å². The third kappa shape index (κ3) is 3.36. The van der Waals surface area contributed by atoms with Gasteiger partial charge in [0.05, 0.1) is 0 Å². The molecule has 0 aliphatic carbocycles. The molecule has 0 fully saturated rings. The minimum absolute atomic E-state index is 0.232. The Bertz CT molecular complexity index is 340. The number of halogens is 1. The summed E-state index contributed by atoms with van der Waals surface area (Å²) in [6.07, 6.45) is 0. The molecule has 16 heavy (non-hydrogen) atoms. The maximum Gasteiger partial charge on any atom is 0.157 e. The molecule has 0 amide bonds. The second-order valence-electron chi connectivity index (χ2n) is 6.16. The molecule has 1 unspecified atom stereocenters. The van der Waals surface area contributed by atoms with Crippen LogP contribution in [0.2, 0.25) is 13.1 Å². The van der Waals surface area contributed by atoms with Crippen LogP contribution in [0.3, 0.4) is 0 Å². The summed E-state index contributed by atoms with van der Waals surface area (Å²) in [6.45, 7) is 13.4. The Morgan fingerprint density at radius 2 is 1.50 bits per heavy atom. The molecular weight excluding hydrogens is 232 g/mol. The van der Waals surface area contributed by atoms with Gasteiger partial charge in [0.15, 0.2) is 7.38 Å². The summed E-state index contributed by atoms with van der Waals surface area (Å²) in [5.41, 5.74) is 3.50. The fourth-order valence-corrected chi connectivity index (χ4v) is 3.03. The average Bonchev–Trinajstić information content (AvgIpc) is 2.14. The van der Waals surface area contributed by atoms with Crippen molar-refractivity contribution in [2.75, 3.05) is 0 Å². The summed E-state index contributed by atoms with van der Waals surface area (Å²) >= 11 is 6.49. The molecule has 0 bridgehead atoms. The topological polar surface area (TPSA) is 0 Å². The first-order chi connectivity index (χ1) is 7.12. The van der Waals surface area contributed by atoms with Gasteiger partial charge >= 0.3 is 0 Å². The Morgan fingerprint density at radius 1 is 1.06 bits per heavy atom. The van der Waals surface area contributed by atoms with E-state index in [1.54, 1.807) is 0 Å². The Morgan fingerprint density at radius 3 is 1.81 bits per heavy atom. The zero-order chi connectivity index (χ0) is 12.6. The molecule has 1 aromatic carbocycles. The van der Waals surface area contributed by atoms with E-state index in [4.69, 9.17) is 11.1 Å². The average molecular weight is 255 g/mol. The SMILES string of the molecule is CC(c1ccc(C(C)(C)C)cc1)[Si](C)(C)Cl. The van der Waals surface area contributed by atoms with Crippen LogP contribution >= 0.6 is 11.1 Å². The van der Waals surface area contributed by atoms with Gasteiger partial charge in [-0.05, 0) is 22.1 Å². The van der Waals surface area contributed by atoms with Crippen molar-refractivity contribution in [3.05, 3.63) is 35.4 Å².